The maximum absolute atomic E-state index is 13.8. The summed E-state index contributed by atoms with van der Waals surface area (Å²) in [6.07, 6.45) is 5.61. The normalized spacial score (nSPS) is 13.8. The van der Waals surface area contributed by atoms with Crippen molar-refractivity contribution >= 4 is 17.1 Å². The second-order valence-corrected chi connectivity index (χ2v) is 10.0. The molecule has 0 amide bonds. The highest BCUT2D eigenvalue weighted by atomic mass is 16.5. The van der Waals surface area contributed by atoms with Gasteiger partial charge in [0.2, 0.25) is 0 Å². The van der Waals surface area contributed by atoms with Gasteiger partial charge in [0.15, 0.2) is 11.2 Å². The van der Waals surface area contributed by atoms with Crippen LogP contribution in [0.5, 0.6) is 0 Å². The molecule has 4 aromatic rings. The van der Waals surface area contributed by atoms with Crippen LogP contribution in [0, 0.1) is 0 Å². The molecule has 0 saturated heterocycles. The SMILES string of the molecule is CCCn1c(=O)c2c(nc(C3CCCC3)n2Cc2ccccc2)n(CCc2ccc(C(=O)OC)cc2)c1=O. The number of nitrogens with zero attached hydrogens (tertiary/aromatic N) is 4. The van der Waals surface area contributed by atoms with Crippen molar-refractivity contribution in [1.82, 2.24) is 18.7 Å². The third-order valence-corrected chi connectivity index (χ3v) is 7.49. The summed E-state index contributed by atoms with van der Waals surface area (Å²) in [5.41, 5.74) is 2.94. The van der Waals surface area contributed by atoms with Crippen LogP contribution in [-0.4, -0.2) is 31.8 Å². The maximum atomic E-state index is 13.8. The highest BCUT2D eigenvalue weighted by Crippen LogP contribution is 2.35. The van der Waals surface area contributed by atoms with Crippen molar-refractivity contribution in [2.75, 3.05) is 7.11 Å². The third kappa shape index (κ3) is 4.95. The van der Waals surface area contributed by atoms with Crippen molar-refractivity contribution in [3.63, 3.8) is 0 Å². The van der Waals surface area contributed by atoms with Crippen LogP contribution >= 0.6 is 0 Å². The van der Waals surface area contributed by atoms with Crippen LogP contribution in [0.1, 0.15) is 72.3 Å². The smallest absolute Gasteiger partial charge is 0.337 e. The van der Waals surface area contributed by atoms with Gasteiger partial charge in [-0.15, -0.1) is 0 Å². The van der Waals surface area contributed by atoms with Crippen LogP contribution in [0.15, 0.2) is 64.2 Å². The Morgan fingerprint density at radius 2 is 1.63 bits per heavy atom. The van der Waals surface area contributed by atoms with E-state index in [9.17, 15) is 14.4 Å². The lowest BCUT2D eigenvalue weighted by Crippen LogP contribution is -2.41. The Hall–Kier alpha value is -3.94. The number of carbonyl (C=O) groups is 1. The van der Waals surface area contributed by atoms with Crippen LogP contribution < -0.4 is 11.2 Å². The first-order valence-electron chi connectivity index (χ1n) is 13.5. The van der Waals surface area contributed by atoms with Gasteiger partial charge in [-0.1, -0.05) is 62.2 Å². The van der Waals surface area contributed by atoms with Crippen LogP contribution in [0.4, 0.5) is 0 Å². The van der Waals surface area contributed by atoms with Crippen LogP contribution in [0.25, 0.3) is 11.2 Å². The Kier molecular flexibility index (Phi) is 7.58. The monoisotopic (exact) mass is 514 g/mol. The molecule has 2 aromatic carbocycles. The zero-order valence-corrected chi connectivity index (χ0v) is 22.1. The van der Waals surface area contributed by atoms with E-state index < -0.39 is 0 Å². The van der Waals surface area contributed by atoms with Gasteiger partial charge in [-0.05, 0) is 48.9 Å². The second kappa shape index (κ2) is 11.2. The van der Waals surface area contributed by atoms with Gasteiger partial charge in [-0.25, -0.2) is 14.6 Å². The number of fused-ring (bicyclic) bond motifs is 1. The van der Waals surface area contributed by atoms with Gasteiger partial charge < -0.3 is 9.30 Å². The Balaban J connectivity index is 1.62. The lowest BCUT2D eigenvalue weighted by molar-refractivity contribution is 0.0600. The summed E-state index contributed by atoms with van der Waals surface area (Å²) < 4.78 is 9.89. The van der Waals surface area contributed by atoms with E-state index in [1.165, 1.54) is 11.7 Å². The highest BCUT2D eigenvalue weighted by Gasteiger charge is 2.27. The molecule has 8 nitrogen and oxygen atoms in total. The number of aromatic nitrogens is 4. The lowest BCUT2D eigenvalue weighted by atomic mass is 10.1. The average Bonchev–Trinajstić information content (AvgIpc) is 3.60. The number of benzene rings is 2. The number of esters is 1. The van der Waals surface area contributed by atoms with E-state index in [1.54, 1.807) is 16.7 Å². The van der Waals surface area contributed by atoms with Crippen molar-refractivity contribution < 1.29 is 9.53 Å². The number of carbonyl (C=O) groups excluding carboxylic acids is 1. The molecule has 8 heteroatoms. The van der Waals surface area contributed by atoms with Crippen LogP contribution in [0.2, 0.25) is 0 Å². The van der Waals surface area contributed by atoms with E-state index in [0.29, 0.717) is 49.2 Å². The molecule has 1 saturated carbocycles. The number of hydrogen-bond acceptors (Lipinski definition) is 5. The predicted molar refractivity (Wildman–Crippen MR) is 147 cm³/mol. The van der Waals surface area contributed by atoms with E-state index in [-0.39, 0.29) is 23.1 Å². The summed E-state index contributed by atoms with van der Waals surface area (Å²) in [5, 5.41) is 0. The van der Waals surface area contributed by atoms with E-state index >= 15 is 0 Å². The molecular formula is C30H34N4O4. The molecule has 38 heavy (non-hydrogen) atoms. The molecule has 198 valence electrons. The zero-order valence-electron chi connectivity index (χ0n) is 22.1. The first-order valence-corrected chi connectivity index (χ1v) is 13.5. The van der Waals surface area contributed by atoms with Gasteiger partial charge in [-0.2, -0.15) is 0 Å². The summed E-state index contributed by atoms with van der Waals surface area (Å²) in [7, 11) is 1.36. The van der Waals surface area contributed by atoms with E-state index in [2.05, 4.69) is 16.7 Å². The fraction of sp³-hybridized carbons (Fsp3) is 0.400. The number of imidazole rings is 1. The first kappa shape index (κ1) is 25.7. The van der Waals surface area contributed by atoms with Gasteiger partial charge in [0.05, 0.1) is 12.7 Å². The number of rotatable bonds is 9. The summed E-state index contributed by atoms with van der Waals surface area (Å²) in [6, 6.07) is 17.3. The second-order valence-electron chi connectivity index (χ2n) is 10.0. The first-order chi connectivity index (χ1) is 18.5. The van der Waals surface area contributed by atoms with E-state index in [0.717, 1.165) is 42.6 Å². The molecule has 0 unspecified atom stereocenters. The number of aryl methyl sites for hydroxylation is 2. The third-order valence-electron chi connectivity index (χ3n) is 7.49. The fourth-order valence-electron chi connectivity index (χ4n) is 5.52. The van der Waals surface area contributed by atoms with Crippen molar-refractivity contribution in [1.29, 1.82) is 0 Å². The van der Waals surface area contributed by atoms with Crippen molar-refractivity contribution in [2.45, 2.75) is 71.0 Å². The Labute approximate surface area is 221 Å². The van der Waals surface area contributed by atoms with E-state index in [1.807, 2.05) is 37.3 Å². The highest BCUT2D eigenvalue weighted by molar-refractivity contribution is 5.89. The number of ether oxygens (including phenoxy) is 1. The molecule has 0 radical (unpaired) electrons. The van der Waals surface area contributed by atoms with Crippen LogP contribution in [0.3, 0.4) is 0 Å². The summed E-state index contributed by atoms with van der Waals surface area (Å²) in [4.78, 5) is 44.2. The average molecular weight is 515 g/mol. The molecular weight excluding hydrogens is 480 g/mol. The standard InChI is InChI=1S/C30H34N4O4/c1-3-18-33-28(35)25-27(32(30(33)37)19-17-21-13-15-24(16-14-21)29(36)38-2)31-26(23-11-7-8-12-23)34(25)20-22-9-5-4-6-10-22/h4-6,9-10,13-16,23H,3,7-8,11-12,17-20H2,1-2H3. The summed E-state index contributed by atoms with van der Waals surface area (Å²) >= 11 is 0. The van der Waals surface area contributed by atoms with Crippen molar-refractivity contribution in [2.24, 2.45) is 0 Å². The molecule has 0 spiro atoms. The van der Waals surface area contributed by atoms with Crippen LogP contribution in [-0.2, 0) is 30.8 Å². The lowest BCUT2D eigenvalue weighted by Gasteiger charge is -2.14. The molecule has 1 fully saturated rings. The summed E-state index contributed by atoms with van der Waals surface area (Å²) in [6.45, 7) is 3.24. The molecule has 0 bridgehead atoms. The number of methoxy groups -OCH3 is 1. The Morgan fingerprint density at radius 3 is 2.29 bits per heavy atom. The van der Waals surface area contributed by atoms with Crippen molar-refractivity contribution in [3.05, 3.63) is 98.0 Å². The van der Waals surface area contributed by atoms with Gasteiger partial charge in [0, 0.05) is 25.6 Å². The van der Waals surface area contributed by atoms with Gasteiger partial charge in [-0.3, -0.25) is 13.9 Å². The minimum absolute atomic E-state index is 0.266. The molecule has 1 aliphatic carbocycles. The molecule has 0 atom stereocenters. The molecule has 0 N–H and O–H groups in total. The molecule has 2 aromatic heterocycles. The summed E-state index contributed by atoms with van der Waals surface area (Å²) in [5.74, 6) is 0.798. The molecule has 2 heterocycles. The minimum atomic E-state index is -0.385. The largest absolute Gasteiger partial charge is 0.465 e. The molecule has 0 aliphatic heterocycles. The topological polar surface area (TPSA) is 88.1 Å². The molecule has 5 rings (SSSR count). The van der Waals surface area contributed by atoms with Gasteiger partial charge >= 0.3 is 11.7 Å². The zero-order chi connectivity index (χ0) is 26.6. The molecule has 1 aliphatic rings. The Morgan fingerprint density at radius 1 is 0.921 bits per heavy atom. The van der Waals surface area contributed by atoms with Gasteiger partial charge in [0.1, 0.15) is 5.82 Å². The van der Waals surface area contributed by atoms with E-state index in [4.69, 9.17) is 9.72 Å². The number of hydrogen-bond donors (Lipinski definition) is 0. The van der Waals surface area contributed by atoms with Gasteiger partial charge in [0.25, 0.3) is 5.56 Å². The Bertz CT molecular complexity index is 1540. The van der Waals surface area contributed by atoms with Crippen molar-refractivity contribution in [3.8, 4) is 0 Å². The predicted octanol–water partition coefficient (Wildman–Crippen LogP) is 4.50. The quantitative estimate of drug-likeness (QED) is 0.307. The fourth-order valence-corrected chi connectivity index (χ4v) is 5.52. The minimum Gasteiger partial charge on any atom is -0.465 e. The maximum Gasteiger partial charge on any atom is 0.337 e.